The Kier molecular flexibility index (Phi) is 5.91. The van der Waals surface area contributed by atoms with Crippen LogP contribution in [-0.4, -0.2) is 43.0 Å². The van der Waals surface area contributed by atoms with E-state index < -0.39 is 0 Å². The first-order valence-corrected chi connectivity index (χ1v) is 11.6. The lowest BCUT2D eigenvalue weighted by atomic mass is 10.1. The number of hydrogen-bond acceptors (Lipinski definition) is 4. The van der Waals surface area contributed by atoms with Gasteiger partial charge < -0.3 is 14.5 Å². The fraction of sp³-hybridized carbons (Fsp3) is 0.200. The molecule has 5 rings (SSSR count). The number of rotatable bonds is 3. The second-order valence-electron chi connectivity index (χ2n) is 7.67. The van der Waals surface area contributed by atoms with Crippen LogP contribution in [0.1, 0.15) is 26.3 Å². The van der Waals surface area contributed by atoms with Crippen molar-refractivity contribution in [1.29, 1.82) is 0 Å². The third-order valence-electron chi connectivity index (χ3n) is 5.66. The summed E-state index contributed by atoms with van der Waals surface area (Å²) in [4.78, 5) is 32.1. The maximum absolute atomic E-state index is 13.7. The number of hydrogen-bond donors (Lipinski definition) is 0. The van der Waals surface area contributed by atoms with Gasteiger partial charge in [0.25, 0.3) is 11.8 Å². The molecule has 1 saturated heterocycles. The molecule has 32 heavy (non-hydrogen) atoms. The Morgan fingerprint density at radius 3 is 2.53 bits per heavy atom. The van der Waals surface area contributed by atoms with Crippen molar-refractivity contribution in [2.45, 2.75) is 16.3 Å². The van der Waals surface area contributed by atoms with Crippen LogP contribution in [0.25, 0.3) is 0 Å². The van der Waals surface area contributed by atoms with Crippen LogP contribution in [0, 0.1) is 0 Å². The van der Waals surface area contributed by atoms with Crippen molar-refractivity contribution >= 4 is 40.9 Å². The highest BCUT2D eigenvalue weighted by Crippen LogP contribution is 2.42. The van der Waals surface area contributed by atoms with E-state index in [1.807, 2.05) is 66.7 Å². The van der Waals surface area contributed by atoms with E-state index in [1.165, 1.54) is 0 Å². The second-order valence-corrected chi connectivity index (χ2v) is 9.16. The van der Waals surface area contributed by atoms with Gasteiger partial charge >= 0.3 is 0 Å². The molecule has 2 amide bonds. The zero-order valence-corrected chi connectivity index (χ0v) is 18.9. The Hall–Kier alpha value is -2.80. The molecule has 0 radical (unpaired) electrons. The molecule has 162 valence electrons. The van der Waals surface area contributed by atoms with Gasteiger partial charge in [0.1, 0.15) is 0 Å². The highest BCUT2D eigenvalue weighted by Gasteiger charge is 2.29. The molecule has 0 unspecified atom stereocenters. The van der Waals surface area contributed by atoms with E-state index in [4.69, 9.17) is 16.3 Å². The maximum Gasteiger partial charge on any atom is 0.259 e. The topological polar surface area (TPSA) is 49.9 Å². The number of fused-ring (bicyclic) bond motifs is 2. The van der Waals surface area contributed by atoms with Crippen molar-refractivity contribution in [3.05, 3.63) is 88.4 Å². The van der Waals surface area contributed by atoms with Crippen LogP contribution in [0.5, 0.6) is 0 Å². The largest absolute Gasteiger partial charge is 0.378 e. The molecule has 7 heteroatoms. The van der Waals surface area contributed by atoms with Crippen molar-refractivity contribution in [1.82, 2.24) is 4.90 Å². The summed E-state index contributed by atoms with van der Waals surface area (Å²) in [5, 5.41) is 0.604. The van der Waals surface area contributed by atoms with Crippen molar-refractivity contribution in [3.63, 3.8) is 0 Å². The molecule has 2 aliphatic rings. The first-order valence-electron chi connectivity index (χ1n) is 10.4. The molecule has 3 aromatic carbocycles. The number of anilines is 1. The minimum atomic E-state index is -0.109. The summed E-state index contributed by atoms with van der Waals surface area (Å²) >= 11 is 7.97. The summed E-state index contributed by atoms with van der Waals surface area (Å²) in [7, 11) is 0. The van der Waals surface area contributed by atoms with Gasteiger partial charge in [0.05, 0.1) is 31.0 Å². The third kappa shape index (κ3) is 4.01. The molecule has 0 N–H and O–H groups in total. The lowest BCUT2D eigenvalue weighted by Gasteiger charge is -2.28. The third-order valence-corrected chi connectivity index (χ3v) is 7.17. The van der Waals surface area contributed by atoms with Gasteiger partial charge in [-0.3, -0.25) is 9.59 Å². The van der Waals surface area contributed by atoms with Crippen LogP contribution < -0.4 is 4.90 Å². The lowest BCUT2D eigenvalue weighted by Crippen LogP contribution is -2.40. The molecule has 0 atom stereocenters. The van der Waals surface area contributed by atoms with E-state index >= 15 is 0 Å². The molecule has 5 nitrogen and oxygen atoms in total. The van der Waals surface area contributed by atoms with E-state index in [9.17, 15) is 9.59 Å². The fourth-order valence-electron chi connectivity index (χ4n) is 3.96. The molecule has 1 fully saturated rings. The summed E-state index contributed by atoms with van der Waals surface area (Å²) in [6.07, 6.45) is 0. The molecule has 2 aliphatic heterocycles. The maximum atomic E-state index is 13.7. The Bertz CT molecular complexity index is 1190. The van der Waals surface area contributed by atoms with Gasteiger partial charge in [0, 0.05) is 33.5 Å². The monoisotopic (exact) mass is 464 g/mol. The van der Waals surface area contributed by atoms with Crippen LogP contribution >= 0.6 is 23.4 Å². The van der Waals surface area contributed by atoms with Gasteiger partial charge in [0.15, 0.2) is 0 Å². The van der Waals surface area contributed by atoms with E-state index in [1.54, 1.807) is 21.6 Å². The molecule has 0 spiro atoms. The van der Waals surface area contributed by atoms with Gasteiger partial charge in [-0.2, -0.15) is 0 Å². The average molecular weight is 465 g/mol. The summed E-state index contributed by atoms with van der Waals surface area (Å²) in [6.45, 7) is 2.53. The number of benzene rings is 3. The van der Waals surface area contributed by atoms with E-state index in [0.29, 0.717) is 49.0 Å². The minimum absolute atomic E-state index is 0.0481. The SMILES string of the molecule is O=C(c1ccc2c(c1)N(Cc1ccccc1Cl)C(=O)c1ccccc1S2)N1CCOCC1. The Morgan fingerprint density at radius 1 is 0.969 bits per heavy atom. The minimum Gasteiger partial charge on any atom is -0.378 e. The predicted molar refractivity (Wildman–Crippen MR) is 126 cm³/mol. The Balaban J connectivity index is 1.59. The molecular weight excluding hydrogens is 444 g/mol. The standard InChI is InChI=1S/C25H21ClN2O3S/c26-20-7-3-1-5-18(20)16-28-21-15-17(24(29)27-11-13-31-14-12-27)9-10-23(21)32-22-8-4-2-6-19(22)25(28)30/h1-10,15H,11-14,16H2. The average Bonchev–Trinajstić information content (AvgIpc) is 2.95. The van der Waals surface area contributed by atoms with Crippen molar-refractivity contribution in [3.8, 4) is 0 Å². The summed E-state index contributed by atoms with van der Waals surface area (Å²) in [5.74, 6) is -0.157. The zero-order valence-electron chi connectivity index (χ0n) is 17.3. The van der Waals surface area contributed by atoms with E-state index in [2.05, 4.69) is 0 Å². The van der Waals surface area contributed by atoms with E-state index in [0.717, 1.165) is 21.0 Å². The number of carbonyl (C=O) groups excluding carboxylic acids is 2. The second kappa shape index (κ2) is 8.98. The number of morpholine rings is 1. The van der Waals surface area contributed by atoms with Crippen LogP contribution in [0.4, 0.5) is 5.69 Å². The smallest absolute Gasteiger partial charge is 0.259 e. The first-order chi connectivity index (χ1) is 15.6. The van der Waals surface area contributed by atoms with Crippen LogP contribution in [0.2, 0.25) is 5.02 Å². The van der Waals surface area contributed by atoms with Gasteiger partial charge in [0.2, 0.25) is 0 Å². The number of halogens is 1. The Labute approximate surface area is 195 Å². The van der Waals surface area contributed by atoms with Gasteiger partial charge in [-0.05, 0) is 42.0 Å². The highest BCUT2D eigenvalue weighted by atomic mass is 35.5. The van der Waals surface area contributed by atoms with Crippen molar-refractivity contribution in [2.75, 3.05) is 31.2 Å². The lowest BCUT2D eigenvalue weighted by molar-refractivity contribution is 0.0303. The molecule has 0 saturated carbocycles. The van der Waals surface area contributed by atoms with E-state index in [-0.39, 0.29) is 11.8 Å². The summed E-state index contributed by atoms with van der Waals surface area (Å²) in [6, 6.07) is 20.7. The van der Waals surface area contributed by atoms with Crippen molar-refractivity contribution in [2.24, 2.45) is 0 Å². The number of nitrogens with zero attached hydrogens (tertiary/aromatic N) is 2. The van der Waals surface area contributed by atoms with Crippen LogP contribution in [-0.2, 0) is 11.3 Å². The highest BCUT2D eigenvalue weighted by molar-refractivity contribution is 7.99. The quantitative estimate of drug-likeness (QED) is 0.539. The number of ether oxygens (including phenoxy) is 1. The molecular formula is C25H21ClN2O3S. The fourth-order valence-corrected chi connectivity index (χ4v) is 5.21. The summed E-state index contributed by atoms with van der Waals surface area (Å²) in [5.41, 5.74) is 2.77. The molecule has 0 aliphatic carbocycles. The van der Waals surface area contributed by atoms with Gasteiger partial charge in [-0.1, -0.05) is 53.7 Å². The van der Waals surface area contributed by atoms with Gasteiger partial charge in [-0.15, -0.1) is 0 Å². The van der Waals surface area contributed by atoms with Crippen molar-refractivity contribution < 1.29 is 14.3 Å². The summed E-state index contributed by atoms with van der Waals surface area (Å²) < 4.78 is 5.37. The van der Waals surface area contributed by atoms with Crippen LogP contribution in [0.15, 0.2) is 76.5 Å². The molecule has 0 aromatic heterocycles. The number of amides is 2. The zero-order chi connectivity index (χ0) is 22.1. The number of carbonyl (C=O) groups is 2. The predicted octanol–water partition coefficient (Wildman–Crippen LogP) is 5.12. The van der Waals surface area contributed by atoms with Gasteiger partial charge in [-0.25, -0.2) is 0 Å². The van der Waals surface area contributed by atoms with Crippen LogP contribution in [0.3, 0.4) is 0 Å². The first kappa shape index (κ1) is 21.1. The molecule has 2 heterocycles. The normalized spacial score (nSPS) is 15.7. The molecule has 0 bridgehead atoms. The molecule has 3 aromatic rings. The Morgan fingerprint density at radius 2 is 1.72 bits per heavy atom.